The molecule has 1 amide bonds. The van der Waals surface area contributed by atoms with Gasteiger partial charge in [-0.25, -0.2) is 9.59 Å². The zero-order chi connectivity index (χ0) is 13.6. The van der Waals surface area contributed by atoms with Crippen molar-refractivity contribution in [2.45, 2.75) is 45.3 Å². The van der Waals surface area contributed by atoms with E-state index in [9.17, 15) is 19.5 Å². The predicted octanol–water partition coefficient (Wildman–Crippen LogP) is -0.506. The molecule has 0 radical (unpaired) electrons. The van der Waals surface area contributed by atoms with Gasteiger partial charge in [0.2, 0.25) is 0 Å². The van der Waals surface area contributed by atoms with Gasteiger partial charge in [-0.2, -0.15) is 0 Å². The first kappa shape index (κ1) is 15.2. The Hall–Kier alpha value is -1.79. The fraction of sp³-hybridized carbons (Fsp3) is 0.700. The normalized spacial score (nSPS) is 12.6. The Morgan fingerprint density at radius 3 is 2.24 bits per heavy atom. The molecule has 7 nitrogen and oxygen atoms in total. The number of hydrogen-bond acceptors (Lipinski definition) is 5. The van der Waals surface area contributed by atoms with Crippen LogP contribution in [-0.2, 0) is 14.3 Å². The summed E-state index contributed by atoms with van der Waals surface area (Å²) in [5, 5.41) is 21.0. The summed E-state index contributed by atoms with van der Waals surface area (Å²) in [6.07, 6.45) is -1.60. The molecule has 0 saturated carbocycles. The van der Waals surface area contributed by atoms with E-state index >= 15 is 0 Å². The molecule has 2 N–H and O–H groups in total. The van der Waals surface area contributed by atoms with Gasteiger partial charge in [-0.3, -0.25) is 0 Å². The first-order valence-electron chi connectivity index (χ1n) is 5.04. The van der Waals surface area contributed by atoms with Gasteiger partial charge in [0.25, 0.3) is 0 Å². The van der Waals surface area contributed by atoms with Gasteiger partial charge in [-0.05, 0) is 33.6 Å². The minimum absolute atomic E-state index is 0.253. The standard InChI is InChI=1S/C10H17NO6/c1-10(2,3)17-9(16)11-6(8(14)15)4-5-7(12)13/h6H,4-5H2,1-3H3,(H,11,16)(H,12,13)(H,14,15)/p-1. The highest BCUT2D eigenvalue weighted by Crippen LogP contribution is 2.07. The van der Waals surface area contributed by atoms with Crippen molar-refractivity contribution in [2.75, 3.05) is 0 Å². The predicted molar refractivity (Wildman–Crippen MR) is 55.0 cm³/mol. The maximum absolute atomic E-state index is 11.3. The van der Waals surface area contributed by atoms with Crippen molar-refractivity contribution in [3.63, 3.8) is 0 Å². The van der Waals surface area contributed by atoms with Crippen LogP contribution in [-0.4, -0.2) is 34.8 Å². The molecule has 0 rings (SSSR count). The summed E-state index contributed by atoms with van der Waals surface area (Å²) in [6.45, 7) is 4.89. The monoisotopic (exact) mass is 246 g/mol. The van der Waals surface area contributed by atoms with E-state index in [0.717, 1.165) is 0 Å². The van der Waals surface area contributed by atoms with Gasteiger partial charge in [0.1, 0.15) is 11.6 Å². The first-order chi connectivity index (χ1) is 7.61. The molecular formula is C10H16NO6-. The number of hydrogen-bond donors (Lipinski definition) is 2. The van der Waals surface area contributed by atoms with Crippen LogP contribution < -0.4 is 10.4 Å². The van der Waals surface area contributed by atoms with E-state index in [-0.39, 0.29) is 6.42 Å². The SMILES string of the molecule is CC(C)(C)OC(=O)NC(CCC(=O)[O-])C(=O)O. The molecule has 0 fully saturated rings. The van der Waals surface area contributed by atoms with E-state index in [2.05, 4.69) is 5.32 Å². The van der Waals surface area contributed by atoms with Crippen molar-refractivity contribution in [1.82, 2.24) is 5.32 Å². The Morgan fingerprint density at radius 1 is 1.35 bits per heavy atom. The lowest BCUT2D eigenvalue weighted by Crippen LogP contribution is -2.44. The number of carbonyl (C=O) groups excluding carboxylic acids is 2. The molecule has 17 heavy (non-hydrogen) atoms. The van der Waals surface area contributed by atoms with Gasteiger partial charge in [-0.1, -0.05) is 0 Å². The summed E-state index contributed by atoms with van der Waals surface area (Å²) in [6, 6.07) is -1.30. The molecule has 0 saturated heterocycles. The number of rotatable bonds is 5. The van der Waals surface area contributed by atoms with E-state index in [1.165, 1.54) is 0 Å². The van der Waals surface area contributed by atoms with E-state index in [1.54, 1.807) is 20.8 Å². The Kier molecular flexibility index (Phi) is 5.43. The van der Waals surface area contributed by atoms with E-state index in [4.69, 9.17) is 9.84 Å². The molecule has 0 bridgehead atoms. The molecule has 1 atom stereocenters. The minimum Gasteiger partial charge on any atom is -0.550 e. The van der Waals surface area contributed by atoms with Crippen LogP contribution in [0.2, 0.25) is 0 Å². The average Bonchev–Trinajstić information content (AvgIpc) is 2.08. The lowest BCUT2D eigenvalue weighted by molar-refractivity contribution is -0.305. The van der Waals surface area contributed by atoms with Gasteiger partial charge >= 0.3 is 12.1 Å². The highest BCUT2D eigenvalue weighted by Gasteiger charge is 2.23. The molecule has 0 aliphatic rings. The third-order valence-electron chi connectivity index (χ3n) is 1.63. The lowest BCUT2D eigenvalue weighted by Gasteiger charge is -2.22. The molecule has 7 heteroatoms. The van der Waals surface area contributed by atoms with Crippen LogP contribution in [0.3, 0.4) is 0 Å². The summed E-state index contributed by atoms with van der Waals surface area (Å²) in [7, 11) is 0. The second kappa shape index (κ2) is 6.07. The number of ether oxygens (including phenoxy) is 1. The van der Waals surface area contributed by atoms with Crippen molar-refractivity contribution in [2.24, 2.45) is 0 Å². The molecule has 0 aromatic heterocycles. The Bertz CT molecular complexity index is 306. The van der Waals surface area contributed by atoms with Crippen LogP contribution in [0, 0.1) is 0 Å². The van der Waals surface area contributed by atoms with Gasteiger partial charge in [0.05, 0.1) is 0 Å². The average molecular weight is 246 g/mol. The Labute approximate surface area is 98.8 Å². The van der Waals surface area contributed by atoms with Crippen molar-refractivity contribution in [3.05, 3.63) is 0 Å². The third-order valence-corrected chi connectivity index (χ3v) is 1.63. The summed E-state index contributed by atoms with van der Waals surface area (Å²) in [5.74, 6) is -2.70. The molecule has 0 aliphatic heterocycles. The zero-order valence-electron chi connectivity index (χ0n) is 9.98. The molecule has 0 spiro atoms. The van der Waals surface area contributed by atoms with Crippen molar-refractivity contribution >= 4 is 18.0 Å². The van der Waals surface area contributed by atoms with E-state index < -0.39 is 36.1 Å². The quantitative estimate of drug-likeness (QED) is 0.675. The first-order valence-corrected chi connectivity index (χ1v) is 5.04. The topological polar surface area (TPSA) is 116 Å². The zero-order valence-corrected chi connectivity index (χ0v) is 9.98. The fourth-order valence-corrected chi connectivity index (χ4v) is 0.969. The van der Waals surface area contributed by atoms with E-state index in [1.807, 2.05) is 0 Å². The fourth-order valence-electron chi connectivity index (χ4n) is 0.969. The van der Waals surface area contributed by atoms with Crippen molar-refractivity contribution < 1.29 is 29.3 Å². The van der Waals surface area contributed by atoms with Crippen LogP contribution in [0.15, 0.2) is 0 Å². The van der Waals surface area contributed by atoms with Crippen molar-refractivity contribution in [3.8, 4) is 0 Å². The number of amides is 1. The van der Waals surface area contributed by atoms with Crippen LogP contribution >= 0.6 is 0 Å². The smallest absolute Gasteiger partial charge is 0.408 e. The number of nitrogens with one attached hydrogen (secondary N) is 1. The molecule has 0 aromatic rings. The second-order valence-electron chi connectivity index (χ2n) is 4.45. The van der Waals surface area contributed by atoms with Gasteiger partial charge in [0.15, 0.2) is 0 Å². The molecule has 0 heterocycles. The largest absolute Gasteiger partial charge is 0.550 e. The number of carbonyl (C=O) groups is 3. The van der Waals surface area contributed by atoms with Gasteiger partial charge in [-0.15, -0.1) is 0 Å². The summed E-state index contributed by atoms with van der Waals surface area (Å²) in [5.41, 5.74) is -0.749. The minimum atomic E-state index is -1.37. The number of alkyl carbamates (subject to hydrolysis) is 1. The molecule has 0 aliphatic carbocycles. The maximum atomic E-state index is 11.3. The van der Waals surface area contributed by atoms with Crippen LogP contribution in [0.4, 0.5) is 4.79 Å². The third kappa shape index (κ3) is 8.06. The number of carboxylic acids is 2. The van der Waals surface area contributed by atoms with Gasteiger partial charge in [0, 0.05) is 5.97 Å². The number of carboxylic acid groups (broad SMARTS) is 2. The molecular weight excluding hydrogens is 230 g/mol. The molecule has 0 aromatic carbocycles. The lowest BCUT2D eigenvalue weighted by atomic mass is 10.1. The van der Waals surface area contributed by atoms with Crippen LogP contribution in [0.25, 0.3) is 0 Å². The summed E-state index contributed by atoms with van der Waals surface area (Å²) in [4.78, 5) is 32.2. The second-order valence-corrected chi connectivity index (χ2v) is 4.45. The van der Waals surface area contributed by atoms with Crippen LogP contribution in [0.5, 0.6) is 0 Å². The Morgan fingerprint density at radius 2 is 1.88 bits per heavy atom. The molecule has 98 valence electrons. The maximum Gasteiger partial charge on any atom is 0.408 e. The van der Waals surface area contributed by atoms with E-state index in [0.29, 0.717) is 0 Å². The summed E-state index contributed by atoms with van der Waals surface area (Å²) >= 11 is 0. The number of aliphatic carboxylic acids is 2. The van der Waals surface area contributed by atoms with Crippen LogP contribution in [0.1, 0.15) is 33.6 Å². The van der Waals surface area contributed by atoms with Gasteiger partial charge < -0.3 is 25.1 Å². The highest BCUT2D eigenvalue weighted by atomic mass is 16.6. The molecule has 1 unspecified atom stereocenters. The Balaban J connectivity index is 4.30. The van der Waals surface area contributed by atoms with Crippen molar-refractivity contribution in [1.29, 1.82) is 0 Å². The summed E-state index contributed by atoms with van der Waals surface area (Å²) < 4.78 is 4.85. The highest BCUT2D eigenvalue weighted by molar-refractivity contribution is 5.80.